The molecule has 2 rings (SSSR count). The lowest BCUT2D eigenvalue weighted by Crippen LogP contribution is -2.55. The van der Waals surface area contributed by atoms with Crippen LogP contribution in [0.3, 0.4) is 0 Å². The van der Waals surface area contributed by atoms with Crippen LogP contribution in [-0.4, -0.2) is 48.8 Å². The Bertz CT molecular complexity index is 223. The predicted molar refractivity (Wildman–Crippen MR) is 39.6 cm³/mol. The molecule has 2 fully saturated rings. The molecule has 0 unspecified atom stereocenters. The third kappa shape index (κ3) is 1.14. The fraction of sp³-hybridized carbons (Fsp3) is 0.857. The molecule has 4 atom stereocenters. The van der Waals surface area contributed by atoms with Crippen molar-refractivity contribution in [2.75, 3.05) is 13.2 Å². The van der Waals surface area contributed by atoms with Gasteiger partial charge in [0.15, 0.2) is 11.8 Å². The summed E-state index contributed by atoms with van der Waals surface area (Å²) in [5, 5.41) is 9.38. The monoisotopic (exact) mass is 189 g/mol. The molecule has 6 nitrogen and oxygen atoms in total. The molecular formula is C7H11NO5. The van der Waals surface area contributed by atoms with Crippen molar-refractivity contribution in [1.29, 1.82) is 0 Å². The Kier molecular flexibility index (Phi) is 1.99. The summed E-state index contributed by atoms with van der Waals surface area (Å²) in [4.78, 5) is 10.1. The Hall–Kier alpha value is -0.690. The van der Waals surface area contributed by atoms with Gasteiger partial charge in [0.05, 0.1) is 13.2 Å². The second kappa shape index (κ2) is 2.91. The zero-order valence-electron chi connectivity index (χ0n) is 6.88. The maximum absolute atomic E-state index is 10.1. The second-order valence-electron chi connectivity index (χ2n) is 3.21. The van der Waals surface area contributed by atoms with Crippen molar-refractivity contribution in [1.82, 2.24) is 0 Å². The summed E-state index contributed by atoms with van der Waals surface area (Å²) >= 11 is 0. The van der Waals surface area contributed by atoms with Crippen molar-refractivity contribution in [2.24, 2.45) is 5.73 Å². The number of hydrogen-bond acceptors (Lipinski definition) is 6. The Morgan fingerprint density at radius 1 is 1.62 bits per heavy atom. The molecule has 0 aromatic heterocycles. The first-order valence-corrected chi connectivity index (χ1v) is 4.00. The highest BCUT2D eigenvalue weighted by Gasteiger charge is 2.59. The number of carbonyl (C=O) groups is 1. The van der Waals surface area contributed by atoms with E-state index in [-0.39, 0.29) is 13.2 Å². The Labute approximate surface area is 74.6 Å². The number of ether oxygens (including phenoxy) is 3. The number of aliphatic hydroxyl groups is 1. The van der Waals surface area contributed by atoms with Gasteiger partial charge in [0.25, 0.3) is 6.47 Å². The van der Waals surface area contributed by atoms with Crippen LogP contribution < -0.4 is 5.73 Å². The largest absolute Gasteiger partial charge is 0.457 e. The zero-order valence-corrected chi connectivity index (χ0v) is 6.88. The first-order valence-electron chi connectivity index (χ1n) is 4.00. The molecule has 0 bridgehead atoms. The summed E-state index contributed by atoms with van der Waals surface area (Å²) in [5.74, 6) is 0. The van der Waals surface area contributed by atoms with Gasteiger partial charge in [-0.25, -0.2) is 0 Å². The first kappa shape index (κ1) is 8.89. The van der Waals surface area contributed by atoms with Gasteiger partial charge in [-0.05, 0) is 0 Å². The lowest BCUT2D eigenvalue weighted by molar-refractivity contribution is -0.146. The third-order valence-electron chi connectivity index (χ3n) is 2.45. The van der Waals surface area contributed by atoms with Crippen molar-refractivity contribution < 1.29 is 24.1 Å². The lowest BCUT2D eigenvalue weighted by Gasteiger charge is -2.26. The quantitative estimate of drug-likeness (QED) is 0.487. The van der Waals surface area contributed by atoms with Crippen molar-refractivity contribution in [3.05, 3.63) is 0 Å². The molecular weight excluding hydrogens is 178 g/mol. The van der Waals surface area contributed by atoms with Crippen molar-refractivity contribution >= 4 is 6.47 Å². The fourth-order valence-corrected chi connectivity index (χ4v) is 1.75. The highest BCUT2D eigenvalue weighted by atomic mass is 16.6. The summed E-state index contributed by atoms with van der Waals surface area (Å²) in [5.41, 5.74) is 4.61. The van der Waals surface area contributed by atoms with Crippen molar-refractivity contribution in [3.63, 3.8) is 0 Å². The van der Waals surface area contributed by atoms with E-state index in [1.54, 1.807) is 0 Å². The van der Waals surface area contributed by atoms with Crippen LogP contribution >= 0.6 is 0 Å². The average molecular weight is 189 g/mol. The van der Waals surface area contributed by atoms with E-state index in [4.69, 9.17) is 19.9 Å². The van der Waals surface area contributed by atoms with E-state index < -0.39 is 24.0 Å². The molecule has 2 heterocycles. The van der Waals surface area contributed by atoms with Crippen molar-refractivity contribution in [3.8, 4) is 0 Å². The van der Waals surface area contributed by atoms with Gasteiger partial charge in [-0.2, -0.15) is 0 Å². The molecule has 0 aromatic rings. The van der Waals surface area contributed by atoms with E-state index in [2.05, 4.69) is 0 Å². The average Bonchev–Trinajstić information content (AvgIpc) is 2.55. The first-order chi connectivity index (χ1) is 6.18. The van der Waals surface area contributed by atoms with Crippen LogP contribution in [0.4, 0.5) is 0 Å². The van der Waals surface area contributed by atoms with Gasteiger partial charge in [0.1, 0.15) is 12.2 Å². The number of carbonyl (C=O) groups excluding carboxylic acids is 1. The standard InChI is InChI=1S/C7H11NO5/c8-7-5(12-3-9)2-11-6(7)4(10)1-13-7/h3-6,10H,1-2,8H2/t4-,5+,6+,7-/m1/s1. The normalized spacial score (nSPS) is 48.9. The van der Waals surface area contributed by atoms with Gasteiger partial charge in [-0.1, -0.05) is 0 Å². The van der Waals surface area contributed by atoms with Crippen LogP contribution in [0, 0.1) is 0 Å². The summed E-state index contributed by atoms with van der Waals surface area (Å²) in [6, 6.07) is 0. The number of aliphatic hydroxyl groups excluding tert-OH is 1. The summed E-state index contributed by atoms with van der Waals surface area (Å²) in [7, 11) is 0. The van der Waals surface area contributed by atoms with Gasteiger partial charge >= 0.3 is 0 Å². The van der Waals surface area contributed by atoms with Crippen LogP contribution in [-0.2, 0) is 19.0 Å². The molecule has 6 heteroatoms. The van der Waals surface area contributed by atoms with Crippen LogP contribution in [0.1, 0.15) is 0 Å². The Morgan fingerprint density at radius 2 is 2.38 bits per heavy atom. The molecule has 0 aromatic carbocycles. The van der Waals surface area contributed by atoms with E-state index in [0.717, 1.165) is 0 Å². The summed E-state index contributed by atoms with van der Waals surface area (Å²) in [6.45, 7) is 0.579. The summed E-state index contributed by atoms with van der Waals surface area (Å²) < 4.78 is 15.0. The lowest BCUT2D eigenvalue weighted by atomic mass is 10.0. The minimum atomic E-state index is -1.18. The summed E-state index contributed by atoms with van der Waals surface area (Å²) in [6.07, 6.45) is -1.98. The molecule has 2 aliphatic rings. The van der Waals surface area contributed by atoms with E-state index in [1.807, 2.05) is 0 Å². The molecule has 0 radical (unpaired) electrons. The van der Waals surface area contributed by atoms with E-state index in [0.29, 0.717) is 6.47 Å². The number of fused-ring (bicyclic) bond motifs is 1. The van der Waals surface area contributed by atoms with Gasteiger partial charge in [-0.3, -0.25) is 10.5 Å². The number of rotatable bonds is 2. The molecule has 2 aliphatic heterocycles. The van der Waals surface area contributed by atoms with Crippen LogP contribution in [0.5, 0.6) is 0 Å². The second-order valence-corrected chi connectivity index (χ2v) is 3.21. The minimum absolute atomic E-state index is 0.111. The molecule has 3 N–H and O–H groups in total. The van der Waals surface area contributed by atoms with Crippen LogP contribution in [0.2, 0.25) is 0 Å². The fourth-order valence-electron chi connectivity index (χ4n) is 1.75. The van der Waals surface area contributed by atoms with Crippen LogP contribution in [0.25, 0.3) is 0 Å². The number of hydrogen-bond donors (Lipinski definition) is 2. The van der Waals surface area contributed by atoms with Gasteiger partial charge < -0.3 is 19.3 Å². The predicted octanol–water partition coefficient (Wildman–Crippen LogP) is -2.03. The molecule has 0 saturated carbocycles. The smallest absolute Gasteiger partial charge is 0.293 e. The highest BCUT2D eigenvalue weighted by molar-refractivity contribution is 5.38. The maximum atomic E-state index is 10.1. The Morgan fingerprint density at radius 3 is 3.08 bits per heavy atom. The molecule has 74 valence electrons. The topological polar surface area (TPSA) is 91.0 Å². The SMILES string of the molecule is N[C@]12OC[C@@H](O)[C@@H]1OC[C@@H]2OC=O. The van der Waals surface area contributed by atoms with E-state index in [9.17, 15) is 9.90 Å². The van der Waals surface area contributed by atoms with Gasteiger partial charge in [-0.15, -0.1) is 0 Å². The number of nitrogens with two attached hydrogens (primary N) is 1. The van der Waals surface area contributed by atoms with Crippen molar-refractivity contribution in [2.45, 2.75) is 24.0 Å². The van der Waals surface area contributed by atoms with E-state index >= 15 is 0 Å². The molecule has 0 amide bonds. The van der Waals surface area contributed by atoms with Gasteiger partial charge in [0, 0.05) is 0 Å². The maximum Gasteiger partial charge on any atom is 0.293 e. The Balaban J connectivity index is 2.15. The molecule has 0 aliphatic carbocycles. The van der Waals surface area contributed by atoms with Gasteiger partial charge in [0.2, 0.25) is 0 Å². The third-order valence-corrected chi connectivity index (χ3v) is 2.45. The van der Waals surface area contributed by atoms with Crippen LogP contribution in [0.15, 0.2) is 0 Å². The molecule has 13 heavy (non-hydrogen) atoms. The highest BCUT2D eigenvalue weighted by Crippen LogP contribution is 2.34. The molecule has 0 spiro atoms. The molecule has 2 saturated heterocycles. The zero-order chi connectivity index (χ0) is 9.47. The minimum Gasteiger partial charge on any atom is -0.457 e. The van der Waals surface area contributed by atoms with E-state index in [1.165, 1.54) is 0 Å².